The van der Waals surface area contributed by atoms with E-state index in [1.165, 1.54) is 0 Å². The average molecular weight is 296 g/mol. The van der Waals surface area contributed by atoms with Gasteiger partial charge in [-0.3, -0.25) is 0 Å². The molecule has 2 rings (SSSR count). The van der Waals surface area contributed by atoms with Gasteiger partial charge in [-0.25, -0.2) is 4.68 Å². The standard InChI is InChI=1S/C12H14BrN3O/c1-8-5-12(16(2)15-8)17-10-4-3-9(7-14)11(13)6-10/h3-6H,7,14H2,1-2H3. The van der Waals surface area contributed by atoms with E-state index < -0.39 is 0 Å². The van der Waals surface area contributed by atoms with Gasteiger partial charge in [0.05, 0.1) is 5.69 Å². The zero-order valence-corrected chi connectivity index (χ0v) is 11.4. The van der Waals surface area contributed by atoms with Gasteiger partial charge in [-0.15, -0.1) is 0 Å². The average Bonchev–Trinajstić information content (AvgIpc) is 2.58. The molecule has 1 heterocycles. The molecule has 0 unspecified atom stereocenters. The van der Waals surface area contributed by atoms with Crippen LogP contribution in [0.3, 0.4) is 0 Å². The number of benzene rings is 1. The van der Waals surface area contributed by atoms with E-state index in [2.05, 4.69) is 21.0 Å². The Hall–Kier alpha value is -1.33. The summed E-state index contributed by atoms with van der Waals surface area (Å²) in [6.45, 7) is 2.44. The molecular formula is C12H14BrN3O. The van der Waals surface area contributed by atoms with Crippen molar-refractivity contribution in [1.29, 1.82) is 0 Å². The van der Waals surface area contributed by atoms with Gasteiger partial charge in [0.2, 0.25) is 5.88 Å². The van der Waals surface area contributed by atoms with Gasteiger partial charge in [-0.2, -0.15) is 5.10 Å². The van der Waals surface area contributed by atoms with Gasteiger partial charge in [-0.05, 0) is 24.6 Å². The summed E-state index contributed by atoms with van der Waals surface area (Å²) in [7, 11) is 1.85. The maximum Gasteiger partial charge on any atom is 0.217 e. The Bertz CT molecular complexity index is 537. The topological polar surface area (TPSA) is 53.1 Å². The fourth-order valence-electron chi connectivity index (χ4n) is 1.56. The number of ether oxygens (including phenoxy) is 1. The summed E-state index contributed by atoms with van der Waals surface area (Å²) < 4.78 is 8.40. The molecule has 0 saturated carbocycles. The second-order valence-electron chi connectivity index (χ2n) is 3.81. The predicted octanol–water partition coefficient (Wildman–Crippen LogP) is 2.74. The molecule has 0 aliphatic rings. The Morgan fingerprint density at radius 3 is 2.71 bits per heavy atom. The van der Waals surface area contributed by atoms with Crippen LogP contribution in [0, 0.1) is 6.92 Å². The molecule has 0 saturated heterocycles. The second kappa shape index (κ2) is 4.89. The molecule has 1 aromatic carbocycles. The van der Waals surface area contributed by atoms with E-state index in [1.54, 1.807) is 4.68 Å². The third kappa shape index (κ3) is 2.68. The van der Waals surface area contributed by atoms with Crippen molar-refractivity contribution in [2.24, 2.45) is 12.8 Å². The van der Waals surface area contributed by atoms with Crippen LogP contribution in [-0.2, 0) is 13.6 Å². The van der Waals surface area contributed by atoms with Crippen molar-refractivity contribution in [2.45, 2.75) is 13.5 Å². The number of aromatic nitrogens is 2. The van der Waals surface area contributed by atoms with E-state index in [0.29, 0.717) is 6.54 Å². The quantitative estimate of drug-likeness (QED) is 0.947. The third-order valence-corrected chi connectivity index (χ3v) is 3.16. The Morgan fingerprint density at radius 2 is 2.18 bits per heavy atom. The van der Waals surface area contributed by atoms with Crippen molar-refractivity contribution in [3.8, 4) is 11.6 Å². The van der Waals surface area contributed by atoms with E-state index in [-0.39, 0.29) is 0 Å². The number of hydrogen-bond acceptors (Lipinski definition) is 3. The molecule has 2 N–H and O–H groups in total. The Morgan fingerprint density at radius 1 is 1.41 bits per heavy atom. The summed E-state index contributed by atoms with van der Waals surface area (Å²) >= 11 is 3.46. The van der Waals surface area contributed by atoms with Crippen molar-refractivity contribution in [3.63, 3.8) is 0 Å². The zero-order valence-electron chi connectivity index (χ0n) is 9.77. The molecule has 2 aromatic rings. The van der Waals surface area contributed by atoms with E-state index in [1.807, 2.05) is 38.2 Å². The molecule has 90 valence electrons. The molecule has 0 atom stereocenters. The van der Waals surface area contributed by atoms with Crippen LogP contribution in [-0.4, -0.2) is 9.78 Å². The first kappa shape index (κ1) is 12.1. The largest absolute Gasteiger partial charge is 0.439 e. The lowest BCUT2D eigenvalue weighted by atomic mass is 10.2. The van der Waals surface area contributed by atoms with Gasteiger partial charge in [0.25, 0.3) is 0 Å². The number of hydrogen-bond donors (Lipinski definition) is 1. The van der Waals surface area contributed by atoms with Crippen LogP contribution >= 0.6 is 15.9 Å². The molecule has 0 aliphatic carbocycles. The van der Waals surface area contributed by atoms with Crippen molar-refractivity contribution in [2.75, 3.05) is 0 Å². The van der Waals surface area contributed by atoms with E-state index >= 15 is 0 Å². The first-order chi connectivity index (χ1) is 8.10. The lowest BCUT2D eigenvalue weighted by Gasteiger charge is -2.07. The number of nitrogens with zero attached hydrogens (tertiary/aromatic N) is 2. The fraction of sp³-hybridized carbons (Fsp3) is 0.250. The minimum atomic E-state index is 0.506. The maximum absolute atomic E-state index is 5.74. The normalized spacial score (nSPS) is 10.6. The van der Waals surface area contributed by atoms with Crippen molar-refractivity contribution in [1.82, 2.24) is 9.78 Å². The molecule has 0 radical (unpaired) electrons. The van der Waals surface area contributed by atoms with Crippen LogP contribution < -0.4 is 10.5 Å². The zero-order chi connectivity index (χ0) is 12.4. The van der Waals surface area contributed by atoms with E-state index in [9.17, 15) is 0 Å². The highest BCUT2D eigenvalue weighted by atomic mass is 79.9. The van der Waals surface area contributed by atoms with Gasteiger partial charge in [0.1, 0.15) is 5.75 Å². The predicted molar refractivity (Wildman–Crippen MR) is 70.1 cm³/mol. The third-order valence-electron chi connectivity index (χ3n) is 2.43. The van der Waals surface area contributed by atoms with Crippen molar-refractivity contribution in [3.05, 3.63) is 40.0 Å². The van der Waals surface area contributed by atoms with E-state index in [4.69, 9.17) is 10.5 Å². The van der Waals surface area contributed by atoms with Crippen LogP contribution in [0.2, 0.25) is 0 Å². The smallest absolute Gasteiger partial charge is 0.217 e. The maximum atomic E-state index is 5.74. The molecule has 0 aliphatic heterocycles. The highest BCUT2D eigenvalue weighted by Crippen LogP contribution is 2.27. The van der Waals surface area contributed by atoms with Crippen LogP contribution in [0.4, 0.5) is 0 Å². The molecule has 5 heteroatoms. The number of rotatable bonds is 3. The van der Waals surface area contributed by atoms with Crippen molar-refractivity contribution < 1.29 is 4.74 Å². The summed E-state index contributed by atoms with van der Waals surface area (Å²) in [6, 6.07) is 7.65. The highest BCUT2D eigenvalue weighted by molar-refractivity contribution is 9.10. The molecule has 0 bridgehead atoms. The fourth-order valence-corrected chi connectivity index (χ4v) is 2.08. The Labute approximate surface area is 109 Å². The molecule has 0 fully saturated rings. The summed E-state index contributed by atoms with van der Waals surface area (Å²) in [6.07, 6.45) is 0. The molecular weight excluding hydrogens is 282 g/mol. The second-order valence-corrected chi connectivity index (χ2v) is 4.66. The van der Waals surface area contributed by atoms with Gasteiger partial charge < -0.3 is 10.5 Å². The monoisotopic (exact) mass is 295 g/mol. The Kier molecular flexibility index (Phi) is 3.49. The first-order valence-corrected chi connectivity index (χ1v) is 6.06. The number of aryl methyl sites for hydroxylation is 2. The Balaban J connectivity index is 2.24. The summed E-state index contributed by atoms with van der Waals surface area (Å²) in [5.41, 5.74) is 7.58. The lowest BCUT2D eigenvalue weighted by molar-refractivity contribution is 0.430. The van der Waals surface area contributed by atoms with Gasteiger partial charge >= 0.3 is 0 Å². The van der Waals surface area contributed by atoms with Crippen LogP contribution in [0.5, 0.6) is 11.6 Å². The SMILES string of the molecule is Cc1cc(Oc2ccc(CN)c(Br)c2)n(C)n1. The summed E-state index contributed by atoms with van der Waals surface area (Å²) in [5, 5.41) is 4.22. The number of halogens is 1. The molecule has 4 nitrogen and oxygen atoms in total. The minimum absolute atomic E-state index is 0.506. The summed E-state index contributed by atoms with van der Waals surface area (Å²) in [4.78, 5) is 0. The van der Waals surface area contributed by atoms with Crippen LogP contribution in [0.25, 0.3) is 0 Å². The molecule has 1 aromatic heterocycles. The molecule has 0 amide bonds. The van der Waals surface area contributed by atoms with Crippen molar-refractivity contribution >= 4 is 15.9 Å². The number of nitrogens with two attached hydrogens (primary N) is 1. The van der Waals surface area contributed by atoms with Gasteiger partial charge in [0, 0.05) is 24.1 Å². The first-order valence-electron chi connectivity index (χ1n) is 5.27. The van der Waals surface area contributed by atoms with Crippen LogP contribution in [0.1, 0.15) is 11.3 Å². The van der Waals surface area contributed by atoms with E-state index in [0.717, 1.165) is 27.4 Å². The molecule has 17 heavy (non-hydrogen) atoms. The highest BCUT2D eigenvalue weighted by Gasteiger charge is 2.06. The summed E-state index contributed by atoms with van der Waals surface area (Å²) in [5.74, 6) is 1.48. The lowest BCUT2D eigenvalue weighted by Crippen LogP contribution is -1.98. The molecule has 0 spiro atoms. The van der Waals surface area contributed by atoms with Gasteiger partial charge in [-0.1, -0.05) is 22.0 Å². The van der Waals surface area contributed by atoms with Gasteiger partial charge in [0.15, 0.2) is 0 Å². The minimum Gasteiger partial charge on any atom is -0.439 e. The van der Waals surface area contributed by atoms with Crippen LogP contribution in [0.15, 0.2) is 28.7 Å².